The number of ether oxygens (including phenoxy) is 3. The van der Waals surface area contributed by atoms with Crippen LogP contribution >= 0.6 is 0 Å². The topological polar surface area (TPSA) is 146 Å². The molecule has 6 atom stereocenters. The van der Waals surface area contributed by atoms with Crippen molar-refractivity contribution in [1.29, 1.82) is 0 Å². The summed E-state index contributed by atoms with van der Waals surface area (Å²) in [4.78, 5) is 12.2. The van der Waals surface area contributed by atoms with E-state index in [0.717, 1.165) is 19.3 Å². The minimum absolute atomic E-state index is 0.255. The molecule has 0 spiro atoms. The van der Waals surface area contributed by atoms with Gasteiger partial charge < -0.3 is 39.7 Å². The van der Waals surface area contributed by atoms with Crippen molar-refractivity contribution < 1.29 is 44.5 Å². The van der Waals surface area contributed by atoms with Gasteiger partial charge in [-0.2, -0.15) is 0 Å². The Kier molecular flexibility index (Phi) is 33.5. The molecule has 0 unspecified atom stereocenters. The van der Waals surface area contributed by atoms with E-state index in [1.807, 2.05) is 0 Å². The van der Waals surface area contributed by atoms with E-state index in [1.54, 1.807) is 0 Å². The van der Waals surface area contributed by atoms with Crippen LogP contribution in [-0.4, -0.2) is 88.1 Å². The third-order valence-corrected chi connectivity index (χ3v) is 10.4. The van der Waals surface area contributed by atoms with Crippen molar-refractivity contribution >= 4 is 5.97 Å². The molecule has 5 N–H and O–H groups in total. The third kappa shape index (κ3) is 26.7. The van der Waals surface area contributed by atoms with Gasteiger partial charge in [-0.3, -0.25) is 4.79 Å². The van der Waals surface area contributed by atoms with Crippen LogP contribution in [-0.2, 0) is 19.0 Å². The lowest BCUT2D eigenvalue weighted by molar-refractivity contribution is -0.305. The lowest BCUT2D eigenvalue weighted by Gasteiger charge is -2.39. The summed E-state index contributed by atoms with van der Waals surface area (Å²) in [6.45, 7) is 0.987. The average molecular weight is 743 g/mol. The van der Waals surface area contributed by atoms with E-state index in [1.165, 1.54) is 167 Å². The summed E-state index contributed by atoms with van der Waals surface area (Å²) in [6, 6.07) is 0. The van der Waals surface area contributed by atoms with Crippen LogP contribution < -0.4 is 0 Å². The Balaban J connectivity index is 1.82. The van der Waals surface area contributed by atoms with Gasteiger partial charge in [-0.1, -0.05) is 173 Å². The number of hydrogen-bond donors (Lipinski definition) is 5. The highest BCUT2D eigenvalue weighted by molar-refractivity contribution is 5.69. The molecule has 1 rings (SSSR count). The van der Waals surface area contributed by atoms with Crippen molar-refractivity contribution in [3.8, 4) is 0 Å². The minimum Gasteiger partial charge on any atom is -0.457 e. The van der Waals surface area contributed by atoms with Crippen molar-refractivity contribution in [3.05, 3.63) is 12.2 Å². The zero-order valence-electron chi connectivity index (χ0n) is 33.3. The molecule has 1 aliphatic heterocycles. The van der Waals surface area contributed by atoms with Crippen LogP contribution in [0.2, 0.25) is 0 Å². The standard InChI is InChI=1S/C43H82O9/c1-2-3-4-5-6-7-8-9-10-11-12-13-14-15-16-17-18-19-20-21-22-23-24-25-26-27-28-29-30-31-32-33-39(46)51-37(34-44)36-50-43-42(49)41(48)40(47)38(35-45)52-43/h19-20,37-38,40-45,47-49H,2-18,21-36H2,1H3/b20-19-/t37-,38-,40-,41+,42-,43-/m1/s1. The van der Waals surface area contributed by atoms with E-state index in [9.17, 15) is 30.3 Å². The number of rotatable bonds is 37. The van der Waals surface area contributed by atoms with Gasteiger partial charge in [0.05, 0.1) is 19.8 Å². The summed E-state index contributed by atoms with van der Waals surface area (Å²) < 4.78 is 15.9. The van der Waals surface area contributed by atoms with E-state index in [2.05, 4.69) is 19.1 Å². The highest BCUT2D eigenvalue weighted by Crippen LogP contribution is 2.22. The number of carbonyl (C=O) groups excluding carboxylic acids is 1. The SMILES string of the molecule is CCCCCCCCCCCCCCCCCC/C=C\CCCCCCCCCCCCCC(=O)O[C@H](CO)CO[C@@H]1O[C@H](CO)[C@@H](O)[C@H](O)[C@H]1O. The predicted octanol–water partition coefficient (Wildman–Crippen LogP) is 8.99. The van der Waals surface area contributed by atoms with E-state index in [-0.39, 0.29) is 13.0 Å². The molecular formula is C43H82O9. The smallest absolute Gasteiger partial charge is 0.306 e. The van der Waals surface area contributed by atoms with Gasteiger partial charge in [-0.05, 0) is 32.1 Å². The Morgan fingerprint density at radius 3 is 1.38 bits per heavy atom. The molecule has 0 saturated carbocycles. The van der Waals surface area contributed by atoms with E-state index < -0.39 is 56.0 Å². The first-order valence-electron chi connectivity index (χ1n) is 21.8. The zero-order chi connectivity index (χ0) is 37.9. The molecule has 0 bridgehead atoms. The van der Waals surface area contributed by atoms with E-state index >= 15 is 0 Å². The Bertz CT molecular complexity index is 807. The van der Waals surface area contributed by atoms with Crippen LogP contribution in [0.4, 0.5) is 0 Å². The highest BCUT2D eigenvalue weighted by Gasteiger charge is 2.44. The van der Waals surface area contributed by atoms with E-state index in [0.29, 0.717) is 0 Å². The van der Waals surface area contributed by atoms with Gasteiger partial charge in [0.15, 0.2) is 6.29 Å². The maximum absolute atomic E-state index is 12.2. The molecule has 0 aromatic heterocycles. The molecule has 52 heavy (non-hydrogen) atoms. The summed E-state index contributed by atoms with van der Waals surface area (Å²) >= 11 is 0. The van der Waals surface area contributed by atoms with Crippen LogP contribution in [0.25, 0.3) is 0 Å². The molecule has 0 aromatic rings. The molecule has 1 heterocycles. The predicted molar refractivity (Wildman–Crippen MR) is 210 cm³/mol. The molecule has 0 aliphatic carbocycles. The number of allylic oxidation sites excluding steroid dienone is 2. The number of unbranched alkanes of at least 4 members (excludes halogenated alkanes) is 27. The number of aliphatic hydroxyl groups is 5. The van der Waals surface area contributed by atoms with Gasteiger partial charge in [0, 0.05) is 6.42 Å². The van der Waals surface area contributed by atoms with Gasteiger partial charge in [-0.15, -0.1) is 0 Å². The second-order valence-electron chi connectivity index (χ2n) is 15.3. The second kappa shape index (κ2) is 35.6. The lowest BCUT2D eigenvalue weighted by atomic mass is 9.99. The molecule has 1 saturated heterocycles. The summed E-state index contributed by atoms with van der Waals surface area (Å²) in [5.41, 5.74) is 0. The van der Waals surface area contributed by atoms with Crippen molar-refractivity contribution in [1.82, 2.24) is 0 Å². The highest BCUT2D eigenvalue weighted by atomic mass is 16.7. The van der Waals surface area contributed by atoms with Crippen LogP contribution in [0.1, 0.15) is 200 Å². The minimum atomic E-state index is -1.56. The molecule has 0 radical (unpaired) electrons. The van der Waals surface area contributed by atoms with Crippen LogP contribution in [0, 0.1) is 0 Å². The van der Waals surface area contributed by atoms with Gasteiger partial charge in [0.1, 0.15) is 30.5 Å². The van der Waals surface area contributed by atoms with Crippen molar-refractivity contribution in [3.63, 3.8) is 0 Å². The summed E-state index contributed by atoms with van der Waals surface area (Å²) in [7, 11) is 0. The van der Waals surface area contributed by atoms with Gasteiger partial charge >= 0.3 is 5.97 Å². The van der Waals surface area contributed by atoms with Crippen molar-refractivity contribution in [2.75, 3.05) is 19.8 Å². The number of esters is 1. The van der Waals surface area contributed by atoms with Gasteiger partial charge in [0.25, 0.3) is 0 Å². The second-order valence-corrected chi connectivity index (χ2v) is 15.3. The lowest BCUT2D eigenvalue weighted by Crippen LogP contribution is -2.59. The molecule has 0 amide bonds. The summed E-state index contributed by atoms with van der Waals surface area (Å²) in [5.74, 6) is -0.428. The van der Waals surface area contributed by atoms with Gasteiger partial charge in [0.2, 0.25) is 0 Å². The molecular weight excluding hydrogens is 660 g/mol. The first kappa shape index (κ1) is 48.9. The molecule has 1 aliphatic rings. The monoisotopic (exact) mass is 743 g/mol. The zero-order valence-corrected chi connectivity index (χ0v) is 33.3. The molecule has 0 aromatic carbocycles. The third-order valence-electron chi connectivity index (χ3n) is 10.4. The largest absolute Gasteiger partial charge is 0.457 e. The Hall–Kier alpha value is -1.07. The Morgan fingerprint density at radius 2 is 0.981 bits per heavy atom. The number of hydrogen-bond acceptors (Lipinski definition) is 9. The fraction of sp³-hybridized carbons (Fsp3) is 0.930. The van der Waals surface area contributed by atoms with E-state index in [4.69, 9.17) is 14.2 Å². The molecule has 1 fully saturated rings. The normalized spacial score (nSPS) is 21.2. The Labute approximate surface area is 318 Å². The van der Waals surface area contributed by atoms with Crippen molar-refractivity contribution in [2.24, 2.45) is 0 Å². The van der Waals surface area contributed by atoms with Crippen LogP contribution in [0.3, 0.4) is 0 Å². The fourth-order valence-corrected chi connectivity index (χ4v) is 6.94. The fourth-order valence-electron chi connectivity index (χ4n) is 6.94. The average Bonchev–Trinajstić information content (AvgIpc) is 3.15. The quantitative estimate of drug-likeness (QED) is 0.0239. The van der Waals surface area contributed by atoms with Crippen molar-refractivity contribution in [2.45, 2.75) is 236 Å². The number of aliphatic hydroxyl groups excluding tert-OH is 5. The molecule has 308 valence electrons. The van der Waals surface area contributed by atoms with Crippen LogP contribution in [0.5, 0.6) is 0 Å². The first-order chi connectivity index (χ1) is 25.4. The Morgan fingerprint density at radius 1 is 0.577 bits per heavy atom. The first-order valence-corrected chi connectivity index (χ1v) is 21.8. The maximum Gasteiger partial charge on any atom is 0.306 e. The maximum atomic E-state index is 12.2. The summed E-state index contributed by atoms with van der Waals surface area (Å²) in [5, 5.41) is 48.6. The molecule has 9 nitrogen and oxygen atoms in total. The number of carbonyl (C=O) groups is 1. The van der Waals surface area contributed by atoms with Crippen LogP contribution in [0.15, 0.2) is 12.2 Å². The molecule has 9 heteroatoms. The summed E-state index contributed by atoms with van der Waals surface area (Å²) in [6.07, 6.45) is 35.4. The van der Waals surface area contributed by atoms with Gasteiger partial charge in [-0.25, -0.2) is 0 Å².